The number of hydrogen-bond donors (Lipinski definition) is 2. The number of hydrogen-bond acceptors (Lipinski definition) is 2. The van der Waals surface area contributed by atoms with E-state index in [1.165, 1.54) is 18.2 Å². The summed E-state index contributed by atoms with van der Waals surface area (Å²) in [4.78, 5) is 21.6. The fourth-order valence-electron chi connectivity index (χ4n) is 1.38. The molecular weight excluding hydrogens is 261 g/mol. The Morgan fingerprint density at radius 2 is 2.06 bits per heavy atom. The minimum Gasteiger partial charge on any atom is -0.481 e. The van der Waals surface area contributed by atoms with Gasteiger partial charge in [0.2, 0.25) is 5.91 Å². The quantitative estimate of drug-likeness (QED) is 0.836. The molecule has 0 saturated heterocycles. The molecular formula is C12H13ClFNO3. The lowest BCUT2D eigenvalue weighted by Gasteiger charge is -2.07. The van der Waals surface area contributed by atoms with Crippen molar-refractivity contribution in [3.05, 3.63) is 34.6 Å². The van der Waals surface area contributed by atoms with Crippen molar-refractivity contribution in [3.63, 3.8) is 0 Å². The molecule has 0 saturated carbocycles. The van der Waals surface area contributed by atoms with Crippen molar-refractivity contribution in [2.24, 2.45) is 0 Å². The lowest BCUT2D eigenvalue weighted by atomic mass is 10.2. The molecule has 0 bridgehead atoms. The molecule has 0 atom stereocenters. The fourth-order valence-corrected chi connectivity index (χ4v) is 1.61. The Kier molecular flexibility index (Phi) is 5.58. The van der Waals surface area contributed by atoms with Crippen LogP contribution in [0.15, 0.2) is 18.2 Å². The molecule has 1 amide bonds. The summed E-state index contributed by atoms with van der Waals surface area (Å²) in [7, 11) is 0. The smallest absolute Gasteiger partial charge is 0.303 e. The van der Waals surface area contributed by atoms with E-state index in [9.17, 15) is 14.0 Å². The number of benzene rings is 1. The number of aliphatic carboxylic acids is 1. The van der Waals surface area contributed by atoms with Crippen LogP contribution < -0.4 is 5.32 Å². The maximum atomic E-state index is 13.3. The van der Waals surface area contributed by atoms with E-state index in [1.54, 1.807) is 0 Å². The number of carboxylic acids is 1. The molecule has 2 N–H and O–H groups in total. The van der Waals surface area contributed by atoms with Crippen molar-refractivity contribution in [1.29, 1.82) is 0 Å². The van der Waals surface area contributed by atoms with E-state index in [4.69, 9.17) is 16.7 Å². The highest BCUT2D eigenvalue weighted by Gasteiger charge is 2.09. The Hall–Kier alpha value is -1.62. The zero-order chi connectivity index (χ0) is 13.5. The molecule has 1 aromatic carbocycles. The number of carbonyl (C=O) groups is 2. The van der Waals surface area contributed by atoms with E-state index in [1.807, 2.05) is 0 Å². The molecule has 1 aromatic rings. The number of nitrogens with one attached hydrogen (secondary N) is 1. The van der Waals surface area contributed by atoms with Crippen LogP contribution in [0.1, 0.15) is 24.8 Å². The second-order valence-electron chi connectivity index (χ2n) is 3.72. The van der Waals surface area contributed by atoms with E-state index in [0.29, 0.717) is 0 Å². The number of carbonyl (C=O) groups excluding carboxylic acids is 1. The second kappa shape index (κ2) is 6.96. The van der Waals surface area contributed by atoms with Crippen LogP contribution >= 0.6 is 11.6 Å². The van der Waals surface area contributed by atoms with Crippen LogP contribution in [-0.4, -0.2) is 17.0 Å². The summed E-state index contributed by atoms with van der Waals surface area (Å²) < 4.78 is 13.3. The van der Waals surface area contributed by atoms with Crippen LogP contribution in [0.25, 0.3) is 0 Å². The van der Waals surface area contributed by atoms with Gasteiger partial charge in [0.05, 0.1) is 0 Å². The first kappa shape index (κ1) is 14.4. The first-order valence-corrected chi connectivity index (χ1v) is 5.80. The molecule has 4 nitrogen and oxygen atoms in total. The molecule has 6 heteroatoms. The molecule has 0 aliphatic heterocycles. The van der Waals surface area contributed by atoms with Crippen LogP contribution in [0.5, 0.6) is 0 Å². The van der Waals surface area contributed by atoms with Crippen molar-refractivity contribution in [1.82, 2.24) is 5.32 Å². The number of halogens is 2. The molecule has 0 aliphatic carbocycles. The van der Waals surface area contributed by atoms with Gasteiger partial charge in [0.1, 0.15) is 5.82 Å². The van der Waals surface area contributed by atoms with Gasteiger partial charge >= 0.3 is 5.97 Å². The normalized spacial score (nSPS) is 10.1. The summed E-state index contributed by atoms with van der Waals surface area (Å²) in [6.07, 6.45) is 0.290. The second-order valence-corrected chi connectivity index (χ2v) is 4.13. The predicted molar refractivity (Wildman–Crippen MR) is 64.7 cm³/mol. The first-order chi connectivity index (χ1) is 8.50. The Balaban J connectivity index is 2.40. The Labute approximate surface area is 109 Å². The van der Waals surface area contributed by atoms with E-state index < -0.39 is 11.8 Å². The van der Waals surface area contributed by atoms with Gasteiger partial charge in [-0.25, -0.2) is 4.39 Å². The van der Waals surface area contributed by atoms with Crippen molar-refractivity contribution in [2.45, 2.75) is 25.8 Å². The number of carboxylic acid groups (broad SMARTS) is 1. The minimum atomic E-state index is -0.944. The summed E-state index contributed by atoms with van der Waals surface area (Å²) >= 11 is 5.79. The van der Waals surface area contributed by atoms with Crippen LogP contribution in [-0.2, 0) is 16.1 Å². The highest BCUT2D eigenvalue weighted by Crippen LogP contribution is 2.18. The van der Waals surface area contributed by atoms with Crippen LogP contribution in [0, 0.1) is 5.82 Å². The van der Waals surface area contributed by atoms with Crippen LogP contribution in [0.3, 0.4) is 0 Å². The largest absolute Gasteiger partial charge is 0.481 e. The zero-order valence-corrected chi connectivity index (χ0v) is 10.3. The molecule has 18 heavy (non-hydrogen) atoms. The van der Waals surface area contributed by atoms with E-state index in [2.05, 4.69) is 5.32 Å². The molecule has 0 heterocycles. The summed E-state index contributed by atoms with van der Waals surface area (Å²) in [6, 6.07) is 4.28. The Morgan fingerprint density at radius 3 is 2.67 bits per heavy atom. The maximum Gasteiger partial charge on any atom is 0.303 e. The van der Waals surface area contributed by atoms with Crippen molar-refractivity contribution in [3.8, 4) is 0 Å². The molecule has 1 rings (SSSR count). The molecule has 0 aliphatic rings. The van der Waals surface area contributed by atoms with E-state index in [0.717, 1.165) is 0 Å². The molecule has 98 valence electrons. The van der Waals surface area contributed by atoms with E-state index >= 15 is 0 Å². The molecule has 0 spiro atoms. The SMILES string of the molecule is O=C(O)CCCC(=O)NCc1c(F)cccc1Cl. The first-order valence-electron chi connectivity index (χ1n) is 5.42. The van der Waals surface area contributed by atoms with Gasteiger partial charge in [-0.2, -0.15) is 0 Å². The van der Waals surface area contributed by atoms with Gasteiger partial charge in [-0.3, -0.25) is 9.59 Å². The topological polar surface area (TPSA) is 66.4 Å². The average molecular weight is 274 g/mol. The van der Waals surface area contributed by atoms with Gasteiger partial charge in [-0.15, -0.1) is 0 Å². The summed E-state index contributed by atoms with van der Waals surface area (Å²) in [5, 5.41) is 11.2. The van der Waals surface area contributed by atoms with Crippen molar-refractivity contribution in [2.75, 3.05) is 0 Å². The number of rotatable bonds is 6. The monoisotopic (exact) mass is 273 g/mol. The molecule has 0 radical (unpaired) electrons. The zero-order valence-electron chi connectivity index (χ0n) is 9.58. The van der Waals surface area contributed by atoms with Crippen molar-refractivity contribution >= 4 is 23.5 Å². The molecule has 0 unspecified atom stereocenters. The van der Waals surface area contributed by atoms with Gasteiger partial charge in [0.25, 0.3) is 0 Å². The summed E-state index contributed by atoms with van der Waals surface area (Å²) in [5.74, 6) is -1.75. The fraction of sp³-hybridized carbons (Fsp3) is 0.333. The lowest BCUT2D eigenvalue weighted by molar-refractivity contribution is -0.137. The molecule has 0 aromatic heterocycles. The van der Waals surface area contributed by atoms with Gasteiger partial charge in [-0.1, -0.05) is 17.7 Å². The van der Waals surface area contributed by atoms with Crippen molar-refractivity contribution < 1.29 is 19.1 Å². The predicted octanol–water partition coefficient (Wildman–Crippen LogP) is 2.35. The standard InChI is InChI=1S/C12H13ClFNO3/c13-9-3-1-4-10(14)8(9)7-15-11(16)5-2-6-12(17)18/h1,3-4H,2,5-7H2,(H,15,16)(H,17,18). The minimum absolute atomic E-state index is 0.00257. The summed E-state index contributed by atoms with van der Waals surface area (Å²) in [6.45, 7) is -0.00257. The highest BCUT2D eigenvalue weighted by atomic mass is 35.5. The van der Waals surface area contributed by atoms with E-state index in [-0.39, 0.29) is 42.3 Å². The summed E-state index contributed by atoms with van der Waals surface area (Å²) in [5.41, 5.74) is 0.228. The van der Waals surface area contributed by atoms with Gasteiger partial charge in [-0.05, 0) is 18.6 Å². The number of amides is 1. The Bertz CT molecular complexity index is 431. The molecule has 0 fully saturated rings. The van der Waals surface area contributed by atoms with Gasteiger partial charge in [0, 0.05) is 30.0 Å². The Morgan fingerprint density at radius 1 is 1.33 bits per heavy atom. The van der Waals surface area contributed by atoms with Crippen LogP contribution in [0.2, 0.25) is 5.02 Å². The van der Waals surface area contributed by atoms with Gasteiger partial charge in [0.15, 0.2) is 0 Å². The van der Waals surface area contributed by atoms with Gasteiger partial charge < -0.3 is 10.4 Å². The third-order valence-electron chi connectivity index (χ3n) is 2.32. The maximum absolute atomic E-state index is 13.3. The third kappa shape index (κ3) is 4.71. The van der Waals surface area contributed by atoms with Crippen LogP contribution in [0.4, 0.5) is 4.39 Å². The third-order valence-corrected chi connectivity index (χ3v) is 2.67. The average Bonchev–Trinajstić information content (AvgIpc) is 2.27. The highest BCUT2D eigenvalue weighted by molar-refractivity contribution is 6.31. The lowest BCUT2D eigenvalue weighted by Crippen LogP contribution is -2.23.